The lowest BCUT2D eigenvalue weighted by Crippen LogP contribution is -2.48. The highest BCUT2D eigenvalue weighted by molar-refractivity contribution is 7.89. The maximum atomic E-state index is 13.0. The van der Waals surface area contributed by atoms with E-state index in [1.54, 1.807) is 16.4 Å². The topological polar surface area (TPSA) is 59.1 Å². The minimum Gasteiger partial charge on any atom is -0.493 e. The van der Waals surface area contributed by atoms with Crippen molar-refractivity contribution in [2.24, 2.45) is 0 Å². The summed E-state index contributed by atoms with van der Waals surface area (Å²) in [6, 6.07) is 15.1. The molecule has 0 N–H and O–H groups in total. The standard InChI is InChI=1S/C20H26N2O4S/c1-25-19-9-8-18(16-20(19)26-2)27(23,24)22-14-12-21(13-15-22)11-10-17-6-4-3-5-7-17/h3-9,16H,10-15H2,1-2H3. The van der Waals surface area contributed by atoms with Gasteiger partial charge in [-0.15, -0.1) is 0 Å². The highest BCUT2D eigenvalue weighted by Gasteiger charge is 2.29. The zero-order chi connectivity index (χ0) is 19.3. The molecule has 0 aliphatic carbocycles. The Morgan fingerprint density at radius 1 is 0.889 bits per heavy atom. The lowest BCUT2D eigenvalue weighted by molar-refractivity contribution is 0.190. The quantitative estimate of drug-likeness (QED) is 0.726. The highest BCUT2D eigenvalue weighted by Crippen LogP contribution is 2.30. The predicted molar refractivity (Wildman–Crippen MR) is 105 cm³/mol. The van der Waals surface area contributed by atoms with Gasteiger partial charge in [0.2, 0.25) is 10.0 Å². The molecule has 1 aliphatic rings. The number of benzene rings is 2. The molecule has 0 bridgehead atoms. The Kier molecular flexibility index (Phi) is 6.36. The van der Waals surface area contributed by atoms with Crippen molar-refractivity contribution in [2.45, 2.75) is 11.3 Å². The smallest absolute Gasteiger partial charge is 0.243 e. The first-order valence-corrected chi connectivity index (χ1v) is 10.5. The van der Waals surface area contributed by atoms with Gasteiger partial charge in [-0.25, -0.2) is 8.42 Å². The van der Waals surface area contributed by atoms with Crippen LogP contribution in [0.3, 0.4) is 0 Å². The zero-order valence-corrected chi connectivity index (χ0v) is 16.6. The second-order valence-electron chi connectivity index (χ2n) is 6.50. The van der Waals surface area contributed by atoms with E-state index in [1.165, 1.54) is 25.8 Å². The molecule has 0 aromatic heterocycles. The van der Waals surface area contributed by atoms with Gasteiger partial charge in [-0.05, 0) is 24.1 Å². The summed E-state index contributed by atoms with van der Waals surface area (Å²) in [6.45, 7) is 3.39. The van der Waals surface area contributed by atoms with Crippen LogP contribution in [0.4, 0.5) is 0 Å². The summed E-state index contributed by atoms with van der Waals surface area (Å²) in [6.07, 6.45) is 0.975. The number of sulfonamides is 1. The van der Waals surface area contributed by atoms with Crippen molar-refractivity contribution in [2.75, 3.05) is 46.9 Å². The van der Waals surface area contributed by atoms with Gasteiger partial charge in [0.25, 0.3) is 0 Å². The van der Waals surface area contributed by atoms with Crippen molar-refractivity contribution >= 4 is 10.0 Å². The number of nitrogens with zero attached hydrogens (tertiary/aromatic N) is 2. The Labute approximate surface area is 161 Å². The van der Waals surface area contributed by atoms with Crippen molar-refractivity contribution in [3.63, 3.8) is 0 Å². The summed E-state index contributed by atoms with van der Waals surface area (Å²) >= 11 is 0. The van der Waals surface area contributed by atoms with Crippen LogP contribution in [0.2, 0.25) is 0 Å². The molecule has 0 spiro atoms. The SMILES string of the molecule is COc1ccc(S(=O)(=O)N2CCN(CCc3ccccc3)CC2)cc1OC. The molecule has 1 heterocycles. The number of hydrogen-bond donors (Lipinski definition) is 0. The molecule has 6 nitrogen and oxygen atoms in total. The minimum absolute atomic E-state index is 0.234. The van der Waals surface area contributed by atoms with Crippen LogP contribution in [-0.4, -0.2) is 64.6 Å². The van der Waals surface area contributed by atoms with Crippen LogP contribution in [-0.2, 0) is 16.4 Å². The van der Waals surface area contributed by atoms with E-state index >= 15 is 0 Å². The number of ether oxygens (including phenoxy) is 2. The van der Waals surface area contributed by atoms with Crippen molar-refractivity contribution in [1.82, 2.24) is 9.21 Å². The average molecular weight is 391 g/mol. The van der Waals surface area contributed by atoms with E-state index in [0.29, 0.717) is 24.6 Å². The van der Waals surface area contributed by atoms with E-state index in [1.807, 2.05) is 18.2 Å². The van der Waals surface area contributed by atoms with Crippen LogP contribution >= 0.6 is 0 Å². The summed E-state index contributed by atoms with van der Waals surface area (Å²) < 4.78 is 37.9. The largest absolute Gasteiger partial charge is 0.493 e. The summed E-state index contributed by atoms with van der Waals surface area (Å²) in [5.41, 5.74) is 1.30. The van der Waals surface area contributed by atoms with E-state index in [-0.39, 0.29) is 4.90 Å². The van der Waals surface area contributed by atoms with E-state index in [0.717, 1.165) is 26.1 Å². The van der Waals surface area contributed by atoms with Gasteiger partial charge in [-0.3, -0.25) is 0 Å². The lowest BCUT2D eigenvalue weighted by Gasteiger charge is -2.34. The molecule has 1 fully saturated rings. The molecule has 1 aliphatic heterocycles. The monoisotopic (exact) mass is 390 g/mol. The molecular formula is C20H26N2O4S. The van der Waals surface area contributed by atoms with Crippen molar-refractivity contribution in [3.05, 3.63) is 54.1 Å². The van der Waals surface area contributed by atoms with E-state index in [2.05, 4.69) is 17.0 Å². The van der Waals surface area contributed by atoms with Gasteiger partial charge in [0.05, 0.1) is 19.1 Å². The van der Waals surface area contributed by atoms with Gasteiger partial charge >= 0.3 is 0 Å². The zero-order valence-electron chi connectivity index (χ0n) is 15.8. The molecular weight excluding hydrogens is 364 g/mol. The minimum atomic E-state index is -3.54. The van der Waals surface area contributed by atoms with E-state index in [4.69, 9.17) is 9.47 Å². The summed E-state index contributed by atoms with van der Waals surface area (Å²) in [5, 5.41) is 0. The highest BCUT2D eigenvalue weighted by atomic mass is 32.2. The Morgan fingerprint density at radius 3 is 2.19 bits per heavy atom. The molecule has 2 aromatic carbocycles. The maximum absolute atomic E-state index is 13.0. The summed E-state index contributed by atoms with van der Waals surface area (Å²) in [5.74, 6) is 0.933. The molecule has 0 radical (unpaired) electrons. The fourth-order valence-electron chi connectivity index (χ4n) is 3.25. The Bertz CT molecular complexity index is 848. The van der Waals surface area contributed by atoms with E-state index in [9.17, 15) is 8.42 Å². The molecule has 27 heavy (non-hydrogen) atoms. The number of methoxy groups -OCH3 is 2. The normalized spacial score (nSPS) is 16.2. The third-order valence-corrected chi connectivity index (χ3v) is 6.78. The third-order valence-electron chi connectivity index (χ3n) is 4.88. The van der Waals surface area contributed by atoms with Gasteiger partial charge < -0.3 is 14.4 Å². The third kappa shape index (κ3) is 4.61. The van der Waals surface area contributed by atoms with Crippen molar-refractivity contribution in [3.8, 4) is 11.5 Å². The molecule has 0 amide bonds. The molecule has 0 unspecified atom stereocenters. The van der Waals surface area contributed by atoms with Crippen LogP contribution in [0.15, 0.2) is 53.4 Å². The number of piperazine rings is 1. The van der Waals surface area contributed by atoms with Crippen LogP contribution in [0, 0.1) is 0 Å². The first-order valence-electron chi connectivity index (χ1n) is 9.03. The fourth-order valence-corrected chi connectivity index (χ4v) is 4.69. The van der Waals surface area contributed by atoms with E-state index < -0.39 is 10.0 Å². The van der Waals surface area contributed by atoms with Crippen molar-refractivity contribution in [1.29, 1.82) is 0 Å². The molecule has 1 saturated heterocycles. The molecule has 146 valence electrons. The van der Waals surface area contributed by atoms with Crippen LogP contribution in [0.25, 0.3) is 0 Å². The second-order valence-corrected chi connectivity index (χ2v) is 8.44. The van der Waals surface area contributed by atoms with Gasteiger partial charge in [-0.1, -0.05) is 30.3 Å². The average Bonchev–Trinajstić information content (AvgIpc) is 2.72. The van der Waals surface area contributed by atoms with Crippen LogP contribution < -0.4 is 9.47 Å². The van der Waals surface area contributed by atoms with Crippen LogP contribution in [0.5, 0.6) is 11.5 Å². The molecule has 0 saturated carbocycles. The fraction of sp³-hybridized carbons (Fsp3) is 0.400. The number of hydrogen-bond acceptors (Lipinski definition) is 5. The van der Waals surface area contributed by atoms with Crippen LogP contribution in [0.1, 0.15) is 5.56 Å². The molecule has 2 aromatic rings. The summed E-state index contributed by atoms with van der Waals surface area (Å²) in [7, 11) is -0.511. The number of rotatable bonds is 7. The summed E-state index contributed by atoms with van der Waals surface area (Å²) in [4.78, 5) is 2.55. The maximum Gasteiger partial charge on any atom is 0.243 e. The second kappa shape index (κ2) is 8.73. The van der Waals surface area contributed by atoms with Gasteiger partial charge in [0, 0.05) is 38.8 Å². The Hall–Kier alpha value is -2.09. The molecule has 3 rings (SSSR count). The first-order chi connectivity index (χ1) is 13.0. The van der Waals surface area contributed by atoms with Gasteiger partial charge in [-0.2, -0.15) is 4.31 Å². The van der Waals surface area contributed by atoms with Crippen molar-refractivity contribution < 1.29 is 17.9 Å². The lowest BCUT2D eigenvalue weighted by atomic mass is 10.1. The molecule has 7 heteroatoms. The van der Waals surface area contributed by atoms with Gasteiger partial charge in [0.1, 0.15) is 0 Å². The predicted octanol–water partition coefficient (Wildman–Crippen LogP) is 2.25. The molecule has 0 atom stereocenters. The van der Waals surface area contributed by atoms with Gasteiger partial charge in [0.15, 0.2) is 11.5 Å². The Balaban J connectivity index is 1.61. The Morgan fingerprint density at radius 2 is 1.56 bits per heavy atom. The first kappa shape index (κ1) is 19.7.